The van der Waals surface area contributed by atoms with E-state index in [9.17, 15) is 19.2 Å². The first kappa shape index (κ1) is 23.4. The molecule has 1 fully saturated rings. The number of rotatable bonds is 6. The highest BCUT2D eigenvalue weighted by Crippen LogP contribution is 2.35. The lowest BCUT2D eigenvalue weighted by Crippen LogP contribution is -2.65. The van der Waals surface area contributed by atoms with Gasteiger partial charge >= 0.3 is 5.97 Å². The number of nitrogens with zero attached hydrogens (tertiary/aromatic N) is 1. The smallest absolute Gasteiger partial charge is 0.345 e. The van der Waals surface area contributed by atoms with Crippen LogP contribution in [0.15, 0.2) is 30.3 Å². The predicted molar refractivity (Wildman–Crippen MR) is 121 cm³/mol. The van der Waals surface area contributed by atoms with Gasteiger partial charge in [-0.05, 0) is 42.8 Å². The van der Waals surface area contributed by atoms with Gasteiger partial charge < -0.3 is 19.5 Å². The van der Waals surface area contributed by atoms with Gasteiger partial charge in [-0.2, -0.15) is 0 Å². The van der Waals surface area contributed by atoms with Crippen molar-refractivity contribution in [2.24, 2.45) is 5.92 Å². The lowest BCUT2D eigenvalue weighted by Gasteiger charge is -2.40. The highest BCUT2D eigenvalue weighted by atomic mass is 35.5. The maximum atomic E-state index is 13.3. The second-order valence-corrected chi connectivity index (χ2v) is 8.09. The van der Waals surface area contributed by atoms with E-state index in [0.717, 1.165) is 5.01 Å². The number of methoxy groups -OCH3 is 2. The molecule has 0 aromatic heterocycles. The van der Waals surface area contributed by atoms with Crippen LogP contribution in [0.5, 0.6) is 11.5 Å². The molecule has 2 aliphatic rings. The lowest BCUT2D eigenvalue weighted by atomic mass is 9.83. The minimum Gasteiger partial charge on any atom is -0.496 e. The van der Waals surface area contributed by atoms with E-state index in [0.29, 0.717) is 16.3 Å². The number of carbonyl (C=O) groups excluding carboxylic acids is 4. The minimum atomic E-state index is -1.23. The molecule has 2 N–H and O–H groups in total. The van der Waals surface area contributed by atoms with Crippen molar-refractivity contribution in [3.63, 3.8) is 0 Å². The monoisotopic (exact) mass is 487 g/mol. The number of Topliss-reactive ketones (excluding diaryl/α,β-unsaturated/α-hetero) is 1. The number of halogens is 1. The number of anilines is 1. The van der Waals surface area contributed by atoms with Gasteiger partial charge in [0.05, 0.1) is 27.4 Å². The fourth-order valence-electron chi connectivity index (χ4n) is 4.08. The highest BCUT2D eigenvalue weighted by molar-refractivity contribution is 6.31. The van der Waals surface area contributed by atoms with Gasteiger partial charge in [-0.3, -0.25) is 19.8 Å². The van der Waals surface area contributed by atoms with E-state index in [1.54, 1.807) is 31.2 Å². The summed E-state index contributed by atoms with van der Waals surface area (Å²) in [6, 6.07) is 6.64. The summed E-state index contributed by atoms with van der Waals surface area (Å²) < 4.78 is 15.7. The van der Waals surface area contributed by atoms with E-state index in [1.807, 2.05) is 0 Å². The number of hydrazine groups is 1. The number of carbonyl (C=O) groups is 4. The van der Waals surface area contributed by atoms with Crippen LogP contribution in [0.2, 0.25) is 5.02 Å². The second-order valence-electron chi connectivity index (χ2n) is 7.65. The van der Waals surface area contributed by atoms with Gasteiger partial charge in [-0.1, -0.05) is 11.6 Å². The standard InChI is InChI=1S/C23H22ClN3O7/c1-4-34-23(31)17-15(32-2)7-11(8-16(17)33-3)10-27-22(30)18-19(21(29)26-27)25-14-9-12(24)5-6-13(14)20(18)28/h5-9,18-19,25H,4,10H2,1-3H3,(H,26,29). The molecule has 10 nitrogen and oxygen atoms in total. The zero-order valence-electron chi connectivity index (χ0n) is 18.6. The Labute approximate surface area is 200 Å². The van der Waals surface area contributed by atoms with Gasteiger partial charge in [0, 0.05) is 16.3 Å². The third kappa shape index (κ3) is 4.01. The molecule has 2 aromatic rings. The van der Waals surface area contributed by atoms with Crippen LogP contribution in [0.3, 0.4) is 0 Å². The normalized spacial score (nSPS) is 18.9. The molecule has 0 aliphatic carbocycles. The molecule has 2 atom stereocenters. The predicted octanol–water partition coefficient (Wildman–Crippen LogP) is 2.20. The topological polar surface area (TPSA) is 123 Å². The fraction of sp³-hybridized carbons (Fsp3) is 0.304. The van der Waals surface area contributed by atoms with Crippen molar-refractivity contribution in [2.75, 3.05) is 26.1 Å². The van der Waals surface area contributed by atoms with Crippen molar-refractivity contribution in [1.29, 1.82) is 0 Å². The molecule has 2 unspecified atom stereocenters. The Kier molecular flexibility index (Phi) is 6.34. The number of esters is 1. The summed E-state index contributed by atoms with van der Waals surface area (Å²) in [5.41, 5.74) is 3.83. The summed E-state index contributed by atoms with van der Waals surface area (Å²) in [7, 11) is 2.77. The van der Waals surface area contributed by atoms with Crippen LogP contribution in [0, 0.1) is 5.92 Å². The summed E-state index contributed by atoms with van der Waals surface area (Å²) >= 11 is 6.00. The first-order valence-corrected chi connectivity index (χ1v) is 10.8. The van der Waals surface area contributed by atoms with Gasteiger partial charge in [0.15, 0.2) is 5.78 Å². The molecule has 2 amide bonds. The SMILES string of the molecule is CCOC(=O)c1c(OC)cc(CN2NC(=O)C3Nc4cc(Cl)ccc4C(=O)C3C2=O)cc1OC. The van der Waals surface area contributed by atoms with Crippen molar-refractivity contribution in [1.82, 2.24) is 10.4 Å². The average molecular weight is 488 g/mol. The Balaban J connectivity index is 1.64. The summed E-state index contributed by atoms with van der Waals surface area (Å²) in [5, 5.41) is 4.42. The molecule has 2 aliphatic heterocycles. The van der Waals surface area contributed by atoms with Crippen LogP contribution in [-0.4, -0.2) is 55.4 Å². The van der Waals surface area contributed by atoms with Gasteiger partial charge in [0.25, 0.3) is 11.8 Å². The molecule has 2 aromatic carbocycles. The molecule has 178 valence electrons. The molecule has 0 bridgehead atoms. The van der Waals surface area contributed by atoms with Gasteiger partial charge in [0.1, 0.15) is 29.0 Å². The molecule has 1 saturated heterocycles. The maximum absolute atomic E-state index is 13.3. The van der Waals surface area contributed by atoms with E-state index in [4.69, 9.17) is 25.8 Å². The van der Waals surface area contributed by atoms with Crippen molar-refractivity contribution < 1.29 is 33.4 Å². The van der Waals surface area contributed by atoms with Gasteiger partial charge in [-0.25, -0.2) is 9.80 Å². The van der Waals surface area contributed by atoms with Crippen LogP contribution in [0.4, 0.5) is 5.69 Å². The summed E-state index contributed by atoms with van der Waals surface area (Å²) in [5.74, 6) is -3.06. The van der Waals surface area contributed by atoms with Crippen LogP contribution in [0.1, 0.15) is 33.2 Å². The number of ether oxygens (including phenoxy) is 3. The number of hydrogen-bond donors (Lipinski definition) is 2. The fourth-order valence-corrected chi connectivity index (χ4v) is 4.25. The van der Waals surface area contributed by atoms with Crippen molar-refractivity contribution >= 4 is 40.9 Å². The molecular weight excluding hydrogens is 466 g/mol. The molecule has 0 saturated carbocycles. The van der Waals surface area contributed by atoms with Crippen LogP contribution in [0.25, 0.3) is 0 Å². The highest BCUT2D eigenvalue weighted by Gasteiger charge is 2.49. The molecule has 2 heterocycles. The Morgan fingerprint density at radius 3 is 2.38 bits per heavy atom. The maximum Gasteiger partial charge on any atom is 0.345 e. The first-order chi connectivity index (χ1) is 16.3. The molecular formula is C23H22ClN3O7. The van der Waals surface area contributed by atoms with Gasteiger partial charge in [-0.15, -0.1) is 0 Å². The Morgan fingerprint density at radius 2 is 1.76 bits per heavy atom. The molecule has 0 spiro atoms. The molecule has 0 radical (unpaired) electrons. The number of benzene rings is 2. The second kappa shape index (κ2) is 9.22. The Morgan fingerprint density at radius 1 is 1.09 bits per heavy atom. The average Bonchev–Trinajstić information content (AvgIpc) is 2.81. The Bertz CT molecular complexity index is 1170. The minimum absolute atomic E-state index is 0.0929. The number of hydrogen-bond acceptors (Lipinski definition) is 8. The van der Waals surface area contributed by atoms with Crippen LogP contribution >= 0.6 is 11.6 Å². The van der Waals surface area contributed by atoms with E-state index >= 15 is 0 Å². The zero-order valence-corrected chi connectivity index (χ0v) is 19.4. The van der Waals surface area contributed by atoms with Crippen molar-refractivity contribution in [3.05, 3.63) is 52.0 Å². The van der Waals surface area contributed by atoms with Gasteiger partial charge in [0.2, 0.25) is 0 Å². The summed E-state index contributed by atoms with van der Waals surface area (Å²) in [6.07, 6.45) is 0. The summed E-state index contributed by atoms with van der Waals surface area (Å²) in [4.78, 5) is 51.5. The van der Waals surface area contributed by atoms with Crippen LogP contribution < -0.4 is 20.2 Å². The number of ketones is 1. The molecule has 11 heteroatoms. The molecule has 4 rings (SSSR count). The summed E-state index contributed by atoms with van der Waals surface area (Å²) in [6.45, 7) is 1.75. The third-order valence-electron chi connectivity index (χ3n) is 5.62. The number of amides is 2. The lowest BCUT2D eigenvalue weighted by molar-refractivity contribution is -0.152. The third-order valence-corrected chi connectivity index (χ3v) is 5.85. The van der Waals surface area contributed by atoms with Crippen molar-refractivity contribution in [3.8, 4) is 11.5 Å². The molecule has 34 heavy (non-hydrogen) atoms. The van der Waals surface area contributed by atoms with E-state index in [2.05, 4.69) is 10.7 Å². The zero-order chi connectivity index (χ0) is 24.6. The van der Waals surface area contributed by atoms with Crippen molar-refractivity contribution in [2.45, 2.75) is 19.5 Å². The number of nitrogens with one attached hydrogen (secondary N) is 2. The largest absolute Gasteiger partial charge is 0.496 e. The van der Waals surface area contributed by atoms with Crippen LogP contribution in [-0.2, 0) is 20.9 Å². The van der Waals surface area contributed by atoms with E-state index < -0.39 is 35.5 Å². The Hall–Kier alpha value is -3.79. The number of fused-ring (bicyclic) bond motifs is 2. The first-order valence-electron chi connectivity index (χ1n) is 10.4. The quantitative estimate of drug-likeness (QED) is 0.469. The van der Waals surface area contributed by atoms with E-state index in [-0.39, 0.29) is 35.8 Å². The van der Waals surface area contributed by atoms with E-state index in [1.165, 1.54) is 20.3 Å².